The molecule has 2 amide bonds. The predicted octanol–water partition coefficient (Wildman–Crippen LogP) is -0.0121. The van der Waals surface area contributed by atoms with Crippen LogP contribution in [-0.4, -0.2) is 47.6 Å². The number of likely N-dealkylation sites (tertiary alicyclic amines) is 1. The summed E-state index contributed by atoms with van der Waals surface area (Å²) in [4.78, 5) is 25.1. The molecule has 1 heterocycles. The van der Waals surface area contributed by atoms with Gasteiger partial charge < -0.3 is 15.3 Å². The molecule has 1 rings (SSSR count). The Bertz CT molecular complexity index is 289. The van der Waals surface area contributed by atoms with Gasteiger partial charge in [0.15, 0.2) is 0 Å². The number of amides is 2. The van der Waals surface area contributed by atoms with Crippen molar-refractivity contribution in [3.05, 3.63) is 0 Å². The second-order valence-corrected chi connectivity index (χ2v) is 5.19. The van der Waals surface area contributed by atoms with E-state index in [1.807, 2.05) is 13.8 Å². The Labute approximate surface area is 102 Å². The number of nitrogens with zero attached hydrogens (tertiary/aromatic N) is 1. The van der Waals surface area contributed by atoms with E-state index < -0.39 is 6.10 Å². The first-order chi connectivity index (χ1) is 7.90. The molecule has 98 valence electrons. The fourth-order valence-corrected chi connectivity index (χ4v) is 1.96. The highest BCUT2D eigenvalue weighted by molar-refractivity contribution is 5.89. The van der Waals surface area contributed by atoms with Crippen molar-refractivity contribution in [1.82, 2.24) is 10.2 Å². The molecule has 0 aliphatic carbocycles. The summed E-state index contributed by atoms with van der Waals surface area (Å²) >= 11 is 0. The summed E-state index contributed by atoms with van der Waals surface area (Å²) in [5.74, 6) is 0.0691. The Morgan fingerprint density at radius 1 is 1.53 bits per heavy atom. The van der Waals surface area contributed by atoms with Crippen molar-refractivity contribution in [3.8, 4) is 0 Å². The number of hydrogen-bond acceptors (Lipinski definition) is 3. The van der Waals surface area contributed by atoms with E-state index in [0.717, 1.165) is 0 Å². The monoisotopic (exact) mass is 242 g/mol. The van der Waals surface area contributed by atoms with Crippen LogP contribution in [0.2, 0.25) is 0 Å². The molecule has 0 aromatic heterocycles. The van der Waals surface area contributed by atoms with Crippen molar-refractivity contribution >= 4 is 11.8 Å². The highest BCUT2D eigenvalue weighted by Crippen LogP contribution is 2.19. The lowest BCUT2D eigenvalue weighted by molar-refractivity contribution is -0.129. The average molecular weight is 242 g/mol. The number of carbonyl (C=O) groups is 2. The molecule has 1 unspecified atom stereocenters. The van der Waals surface area contributed by atoms with E-state index in [4.69, 9.17) is 5.11 Å². The zero-order valence-electron chi connectivity index (χ0n) is 10.8. The van der Waals surface area contributed by atoms with Gasteiger partial charge in [0.25, 0.3) is 0 Å². The molecule has 0 aromatic rings. The van der Waals surface area contributed by atoms with Gasteiger partial charge in [0.1, 0.15) is 0 Å². The predicted molar refractivity (Wildman–Crippen MR) is 64.2 cm³/mol. The summed E-state index contributed by atoms with van der Waals surface area (Å²) < 4.78 is 0. The van der Waals surface area contributed by atoms with Crippen LogP contribution in [0.4, 0.5) is 0 Å². The smallest absolute Gasteiger partial charge is 0.225 e. The molecule has 1 aliphatic heterocycles. The van der Waals surface area contributed by atoms with Crippen molar-refractivity contribution in [2.75, 3.05) is 19.6 Å². The Balaban J connectivity index is 2.42. The molecule has 17 heavy (non-hydrogen) atoms. The van der Waals surface area contributed by atoms with E-state index >= 15 is 0 Å². The minimum atomic E-state index is -0.553. The number of rotatable bonds is 5. The molecule has 0 spiro atoms. The molecule has 1 saturated heterocycles. The SMILES string of the molecule is CC(C)CN1CC(C(=O)NC[C@@H](C)O)CC1=O. The number of hydrogen-bond donors (Lipinski definition) is 2. The molecule has 0 aromatic carbocycles. The van der Waals surface area contributed by atoms with Gasteiger partial charge >= 0.3 is 0 Å². The van der Waals surface area contributed by atoms with Gasteiger partial charge in [0.05, 0.1) is 12.0 Å². The van der Waals surface area contributed by atoms with Crippen molar-refractivity contribution in [2.45, 2.75) is 33.3 Å². The van der Waals surface area contributed by atoms with Crippen LogP contribution in [0.1, 0.15) is 27.2 Å². The number of carbonyl (C=O) groups excluding carboxylic acids is 2. The van der Waals surface area contributed by atoms with Crippen LogP contribution >= 0.6 is 0 Å². The van der Waals surface area contributed by atoms with Crippen LogP contribution in [0.3, 0.4) is 0 Å². The molecule has 0 bridgehead atoms. The molecule has 5 heteroatoms. The fourth-order valence-electron chi connectivity index (χ4n) is 1.96. The van der Waals surface area contributed by atoms with Crippen molar-refractivity contribution in [2.24, 2.45) is 11.8 Å². The Morgan fingerprint density at radius 2 is 2.18 bits per heavy atom. The van der Waals surface area contributed by atoms with Gasteiger partial charge in [-0.3, -0.25) is 9.59 Å². The van der Waals surface area contributed by atoms with Crippen molar-refractivity contribution in [3.63, 3.8) is 0 Å². The van der Waals surface area contributed by atoms with Gasteiger partial charge in [-0.25, -0.2) is 0 Å². The molecular weight excluding hydrogens is 220 g/mol. The molecule has 0 saturated carbocycles. The highest BCUT2D eigenvalue weighted by Gasteiger charge is 2.34. The van der Waals surface area contributed by atoms with Crippen LogP contribution in [0, 0.1) is 11.8 Å². The topological polar surface area (TPSA) is 69.6 Å². The van der Waals surface area contributed by atoms with Gasteiger partial charge in [-0.1, -0.05) is 13.8 Å². The first-order valence-electron chi connectivity index (χ1n) is 6.13. The standard InChI is InChI=1S/C12H22N2O3/c1-8(2)6-14-7-10(4-11(14)16)12(17)13-5-9(3)15/h8-10,15H,4-7H2,1-3H3,(H,13,17)/t9-,10?/m1/s1. The van der Waals surface area contributed by atoms with E-state index in [2.05, 4.69) is 5.32 Å². The second-order valence-electron chi connectivity index (χ2n) is 5.19. The third-order valence-corrected chi connectivity index (χ3v) is 2.74. The zero-order valence-corrected chi connectivity index (χ0v) is 10.8. The first kappa shape index (κ1) is 14.0. The van der Waals surface area contributed by atoms with Gasteiger partial charge in [0.2, 0.25) is 11.8 Å². The molecule has 2 N–H and O–H groups in total. The van der Waals surface area contributed by atoms with Crippen LogP contribution in [0.5, 0.6) is 0 Å². The lowest BCUT2D eigenvalue weighted by atomic mass is 10.1. The molecule has 1 aliphatic rings. The lowest BCUT2D eigenvalue weighted by Crippen LogP contribution is -2.37. The molecule has 1 fully saturated rings. The van der Waals surface area contributed by atoms with Crippen molar-refractivity contribution < 1.29 is 14.7 Å². The number of nitrogens with one attached hydrogen (secondary N) is 1. The van der Waals surface area contributed by atoms with Crippen LogP contribution < -0.4 is 5.32 Å². The Hall–Kier alpha value is -1.10. The van der Waals surface area contributed by atoms with Gasteiger partial charge in [-0.05, 0) is 12.8 Å². The number of aliphatic hydroxyl groups is 1. The minimum Gasteiger partial charge on any atom is -0.392 e. The quantitative estimate of drug-likeness (QED) is 0.712. The lowest BCUT2D eigenvalue weighted by Gasteiger charge is -2.18. The maximum atomic E-state index is 11.7. The summed E-state index contributed by atoms with van der Waals surface area (Å²) in [7, 11) is 0. The van der Waals surface area contributed by atoms with E-state index in [0.29, 0.717) is 25.4 Å². The number of aliphatic hydroxyl groups excluding tert-OH is 1. The van der Waals surface area contributed by atoms with Gasteiger partial charge in [-0.15, -0.1) is 0 Å². The average Bonchev–Trinajstić information content (AvgIpc) is 2.56. The maximum absolute atomic E-state index is 11.7. The largest absolute Gasteiger partial charge is 0.392 e. The molecule has 2 atom stereocenters. The van der Waals surface area contributed by atoms with E-state index in [1.165, 1.54) is 0 Å². The highest BCUT2D eigenvalue weighted by atomic mass is 16.3. The Morgan fingerprint density at radius 3 is 2.71 bits per heavy atom. The normalized spacial score (nSPS) is 22.1. The first-order valence-corrected chi connectivity index (χ1v) is 6.13. The van der Waals surface area contributed by atoms with E-state index in [9.17, 15) is 9.59 Å². The van der Waals surface area contributed by atoms with Crippen LogP contribution in [0.25, 0.3) is 0 Å². The van der Waals surface area contributed by atoms with E-state index in [1.54, 1.807) is 11.8 Å². The summed E-state index contributed by atoms with van der Waals surface area (Å²) in [6, 6.07) is 0. The summed E-state index contributed by atoms with van der Waals surface area (Å²) in [6.07, 6.45) is -0.263. The molecule has 0 radical (unpaired) electrons. The summed E-state index contributed by atoms with van der Waals surface area (Å²) in [5.41, 5.74) is 0. The van der Waals surface area contributed by atoms with Gasteiger partial charge in [-0.2, -0.15) is 0 Å². The second kappa shape index (κ2) is 6.00. The van der Waals surface area contributed by atoms with Gasteiger partial charge in [0, 0.05) is 26.1 Å². The van der Waals surface area contributed by atoms with E-state index in [-0.39, 0.29) is 24.3 Å². The summed E-state index contributed by atoms with van der Waals surface area (Å²) in [6.45, 7) is 7.17. The van der Waals surface area contributed by atoms with Crippen LogP contribution in [0.15, 0.2) is 0 Å². The minimum absolute atomic E-state index is 0.0518. The zero-order chi connectivity index (χ0) is 13.0. The fraction of sp³-hybridized carbons (Fsp3) is 0.833. The third kappa shape index (κ3) is 4.34. The third-order valence-electron chi connectivity index (χ3n) is 2.74. The Kier molecular flexibility index (Phi) is 4.93. The summed E-state index contributed by atoms with van der Waals surface area (Å²) in [5, 5.41) is 11.7. The maximum Gasteiger partial charge on any atom is 0.225 e. The molecule has 5 nitrogen and oxygen atoms in total. The molecular formula is C12H22N2O3. The van der Waals surface area contributed by atoms with Crippen LogP contribution in [-0.2, 0) is 9.59 Å². The van der Waals surface area contributed by atoms with Crippen molar-refractivity contribution in [1.29, 1.82) is 0 Å².